The maximum atomic E-state index is 13.0. The molecule has 2 heterocycles. The van der Waals surface area contributed by atoms with Gasteiger partial charge in [-0.1, -0.05) is 30.4 Å². The number of fused-ring (bicyclic) bond motifs is 1. The van der Waals surface area contributed by atoms with Crippen LogP contribution >= 0.6 is 11.3 Å². The minimum atomic E-state index is -0.295. The number of hydrogen-bond acceptors (Lipinski definition) is 8. The van der Waals surface area contributed by atoms with E-state index >= 15 is 0 Å². The molecule has 0 atom stereocenters. The van der Waals surface area contributed by atoms with Crippen molar-refractivity contribution in [1.82, 2.24) is 19.8 Å². The molecule has 0 saturated heterocycles. The summed E-state index contributed by atoms with van der Waals surface area (Å²) in [5, 5.41) is 16.7. The van der Waals surface area contributed by atoms with Crippen molar-refractivity contribution in [3.8, 4) is 27.8 Å². The van der Waals surface area contributed by atoms with E-state index < -0.39 is 0 Å². The minimum absolute atomic E-state index is 0.295. The molecule has 0 aliphatic rings. The van der Waals surface area contributed by atoms with E-state index in [0.717, 1.165) is 33.3 Å². The molecular weight excluding hydrogens is 430 g/mol. The molecule has 0 spiro atoms. The third-order valence-corrected chi connectivity index (χ3v) is 5.98. The first-order valence-corrected chi connectivity index (χ1v) is 10.7. The number of nitrogens with one attached hydrogen (secondary N) is 1. The second kappa shape index (κ2) is 8.83. The van der Waals surface area contributed by atoms with Crippen LogP contribution in [-0.4, -0.2) is 47.0 Å². The number of anilines is 1. The summed E-state index contributed by atoms with van der Waals surface area (Å²) in [6.07, 6.45) is 0.744. The highest BCUT2D eigenvalue weighted by Crippen LogP contribution is 2.38. The van der Waals surface area contributed by atoms with Crippen LogP contribution in [0.25, 0.3) is 15.5 Å². The fraction of sp³-hybridized carbons (Fsp3) is 0.273. The van der Waals surface area contributed by atoms with Crippen LogP contribution < -0.4 is 19.5 Å². The van der Waals surface area contributed by atoms with Crippen LogP contribution in [0.3, 0.4) is 0 Å². The van der Waals surface area contributed by atoms with Crippen molar-refractivity contribution < 1.29 is 19.0 Å². The summed E-state index contributed by atoms with van der Waals surface area (Å²) in [6, 6.07) is 9.06. The Bertz CT molecular complexity index is 1270. The van der Waals surface area contributed by atoms with Gasteiger partial charge in [0, 0.05) is 23.2 Å². The standard InChI is InChI=1S/C22H23N5O4S/c1-6-18-24-25-22-27(18)26-21(32-22)13-8-7-12(2)15(9-13)23-20(28)14-10-16(29-3)19(31-5)17(11-14)30-4/h7-11H,6H2,1-5H3,(H,23,28). The molecule has 0 aliphatic heterocycles. The molecule has 32 heavy (non-hydrogen) atoms. The lowest BCUT2D eigenvalue weighted by Crippen LogP contribution is -2.13. The number of hydrogen-bond donors (Lipinski definition) is 1. The highest BCUT2D eigenvalue weighted by Gasteiger charge is 2.18. The molecule has 0 bridgehead atoms. The number of aryl methyl sites for hydroxylation is 2. The summed E-state index contributed by atoms with van der Waals surface area (Å²) in [5.41, 5.74) is 2.87. The molecule has 9 nitrogen and oxygen atoms in total. The molecule has 4 aromatic rings. The Labute approximate surface area is 189 Å². The summed E-state index contributed by atoms with van der Waals surface area (Å²) < 4.78 is 17.8. The number of amides is 1. The zero-order valence-corrected chi connectivity index (χ0v) is 19.2. The van der Waals surface area contributed by atoms with Gasteiger partial charge in [-0.05, 0) is 30.7 Å². The lowest BCUT2D eigenvalue weighted by molar-refractivity contribution is 0.102. The summed E-state index contributed by atoms with van der Waals surface area (Å²) in [5.74, 6) is 1.77. The molecule has 0 radical (unpaired) electrons. The zero-order chi connectivity index (χ0) is 22.8. The number of aromatic nitrogens is 4. The first-order chi connectivity index (χ1) is 15.5. The monoisotopic (exact) mass is 453 g/mol. The van der Waals surface area contributed by atoms with Crippen LogP contribution in [0.15, 0.2) is 30.3 Å². The van der Waals surface area contributed by atoms with Crippen LogP contribution in [0.5, 0.6) is 17.2 Å². The van der Waals surface area contributed by atoms with Gasteiger partial charge in [0.25, 0.3) is 5.91 Å². The Morgan fingerprint density at radius 1 is 1.06 bits per heavy atom. The fourth-order valence-corrected chi connectivity index (χ4v) is 4.15. The Hall–Kier alpha value is -3.66. The molecule has 166 valence electrons. The SMILES string of the molecule is CCc1nnc2sc(-c3ccc(C)c(NC(=O)c4cc(OC)c(OC)c(OC)c4)c3)nn12. The molecule has 4 rings (SSSR count). The molecule has 0 unspecified atom stereocenters. The van der Waals surface area contributed by atoms with Crippen LogP contribution in [0.1, 0.15) is 28.7 Å². The van der Waals surface area contributed by atoms with Crippen LogP contribution in [-0.2, 0) is 6.42 Å². The molecule has 0 fully saturated rings. The van der Waals surface area contributed by atoms with Gasteiger partial charge >= 0.3 is 0 Å². The Balaban J connectivity index is 1.66. The smallest absolute Gasteiger partial charge is 0.255 e. The van der Waals surface area contributed by atoms with E-state index in [4.69, 9.17) is 14.2 Å². The molecule has 10 heteroatoms. The van der Waals surface area contributed by atoms with Crippen molar-refractivity contribution in [2.24, 2.45) is 0 Å². The summed E-state index contributed by atoms with van der Waals surface area (Å²) in [6.45, 7) is 3.94. The van der Waals surface area contributed by atoms with Crippen LogP contribution in [0.2, 0.25) is 0 Å². The average Bonchev–Trinajstić information content (AvgIpc) is 3.40. The molecule has 0 saturated carbocycles. The second-order valence-corrected chi connectivity index (χ2v) is 7.93. The molecule has 2 aromatic carbocycles. The van der Waals surface area contributed by atoms with E-state index in [-0.39, 0.29) is 5.91 Å². The van der Waals surface area contributed by atoms with E-state index in [0.29, 0.717) is 28.5 Å². The number of carbonyl (C=O) groups is 1. The topological polar surface area (TPSA) is 99.9 Å². The third kappa shape index (κ3) is 3.84. The maximum absolute atomic E-state index is 13.0. The van der Waals surface area contributed by atoms with Crippen molar-refractivity contribution >= 4 is 27.9 Å². The van der Waals surface area contributed by atoms with Crippen molar-refractivity contribution in [2.45, 2.75) is 20.3 Å². The van der Waals surface area contributed by atoms with Gasteiger partial charge in [0.2, 0.25) is 10.7 Å². The Kier molecular flexibility index (Phi) is 5.95. The lowest BCUT2D eigenvalue weighted by Gasteiger charge is -2.15. The van der Waals surface area contributed by atoms with Gasteiger partial charge in [-0.25, -0.2) is 0 Å². The number of carbonyl (C=O) groups excluding carboxylic acids is 1. The van der Waals surface area contributed by atoms with E-state index in [9.17, 15) is 4.79 Å². The average molecular weight is 454 g/mol. The fourth-order valence-electron chi connectivity index (χ4n) is 3.29. The Morgan fingerprint density at radius 3 is 2.41 bits per heavy atom. The number of methoxy groups -OCH3 is 3. The van der Waals surface area contributed by atoms with Gasteiger partial charge in [-0.15, -0.1) is 10.2 Å². The maximum Gasteiger partial charge on any atom is 0.255 e. The van der Waals surface area contributed by atoms with Crippen LogP contribution in [0.4, 0.5) is 5.69 Å². The van der Waals surface area contributed by atoms with Crippen molar-refractivity contribution in [3.63, 3.8) is 0 Å². The first kappa shape index (κ1) is 21.6. The summed E-state index contributed by atoms with van der Waals surface area (Å²) in [4.78, 5) is 13.8. The van der Waals surface area contributed by atoms with Gasteiger partial charge in [-0.3, -0.25) is 4.79 Å². The lowest BCUT2D eigenvalue weighted by atomic mass is 10.1. The van der Waals surface area contributed by atoms with Gasteiger partial charge in [0.15, 0.2) is 17.3 Å². The molecule has 1 amide bonds. The molecule has 1 N–H and O–H groups in total. The molecular formula is C22H23N5O4S. The molecule has 0 aliphatic carbocycles. The number of rotatable bonds is 7. The summed E-state index contributed by atoms with van der Waals surface area (Å²) in [7, 11) is 4.54. The van der Waals surface area contributed by atoms with Crippen LogP contribution in [0, 0.1) is 6.92 Å². The van der Waals surface area contributed by atoms with Gasteiger partial charge in [0.1, 0.15) is 5.01 Å². The van der Waals surface area contributed by atoms with Crippen molar-refractivity contribution in [1.29, 1.82) is 0 Å². The van der Waals surface area contributed by atoms with Gasteiger partial charge in [0.05, 0.1) is 21.3 Å². The Morgan fingerprint density at radius 2 is 1.78 bits per heavy atom. The van der Waals surface area contributed by atoms with E-state index in [1.807, 2.05) is 32.0 Å². The highest BCUT2D eigenvalue weighted by atomic mass is 32.1. The minimum Gasteiger partial charge on any atom is -0.493 e. The third-order valence-electron chi connectivity index (χ3n) is 5.03. The number of nitrogens with zero attached hydrogens (tertiary/aromatic N) is 4. The van der Waals surface area contributed by atoms with E-state index in [2.05, 4.69) is 20.6 Å². The quantitative estimate of drug-likeness (QED) is 0.451. The predicted octanol–water partition coefficient (Wildman–Crippen LogP) is 4.00. The second-order valence-electron chi connectivity index (χ2n) is 6.97. The highest BCUT2D eigenvalue weighted by molar-refractivity contribution is 7.19. The van der Waals surface area contributed by atoms with Gasteiger partial charge in [-0.2, -0.15) is 9.61 Å². The van der Waals surface area contributed by atoms with Crippen molar-refractivity contribution in [3.05, 3.63) is 47.3 Å². The van der Waals surface area contributed by atoms with Crippen molar-refractivity contribution in [2.75, 3.05) is 26.6 Å². The normalized spacial score (nSPS) is 10.9. The van der Waals surface area contributed by atoms with E-state index in [1.165, 1.54) is 32.7 Å². The predicted molar refractivity (Wildman–Crippen MR) is 122 cm³/mol. The molecule has 2 aromatic heterocycles. The zero-order valence-electron chi connectivity index (χ0n) is 18.4. The largest absolute Gasteiger partial charge is 0.493 e. The van der Waals surface area contributed by atoms with E-state index in [1.54, 1.807) is 16.6 Å². The number of benzene rings is 2. The first-order valence-electron chi connectivity index (χ1n) is 9.92. The number of ether oxygens (including phenoxy) is 3. The van der Waals surface area contributed by atoms with Gasteiger partial charge < -0.3 is 19.5 Å². The summed E-state index contributed by atoms with van der Waals surface area (Å²) >= 11 is 1.45.